The Morgan fingerprint density at radius 3 is 3.00 bits per heavy atom. The van der Waals surface area contributed by atoms with Crippen LogP contribution in [0.5, 0.6) is 0 Å². The van der Waals surface area contributed by atoms with E-state index in [2.05, 4.69) is 15.3 Å². The highest BCUT2D eigenvalue weighted by molar-refractivity contribution is 5.95. The smallest absolute Gasteiger partial charge is 0.272 e. The van der Waals surface area contributed by atoms with Crippen LogP contribution >= 0.6 is 0 Å². The summed E-state index contributed by atoms with van der Waals surface area (Å²) in [6.45, 7) is 1.52. The maximum Gasteiger partial charge on any atom is 0.272 e. The Bertz CT molecular complexity index is 389. The molecular weight excluding hydrogens is 210 g/mol. The van der Waals surface area contributed by atoms with E-state index in [4.69, 9.17) is 5.73 Å². The molecule has 1 fully saturated rings. The van der Waals surface area contributed by atoms with Gasteiger partial charge in [0, 0.05) is 19.6 Å². The van der Waals surface area contributed by atoms with Crippen LogP contribution < -0.4 is 11.1 Å². The molecule has 0 saturated carbocycles. The van der Waals surface area contributed by atoms with E-state index in [0.717, 1.165) is 0 Å². The summed E-state index contributed by atoms with van der Waals surface area (Å²) in [4.78, 5) is 31.2. The van der Waals surface area contributed by atoms with Crippen LogP contribution in [0.4, 0.5) is 0 Å². The van der Waals surface area contributed by atoms with E-state index in [1.165, 1.54) is 17.4 Å². The van der Waals surface area contributed by atoms with E-state index in [1.54, 1.807) is 0 Å². The van der Waals surface area contributed by atoms with Gasteiger partial charge in [0.05, 0.1) is 12.5 Å². The molecule has 2 amide bonds. The number of imidazole rings is 1. The topological polar surface area (TPSA) is 104 Å². The van der Waals surface area contributed by atoms with Gasteiger partial charge in [0.2, 0.25) is 5.91 Å². The highest BCUT2D eigenvalue weighted by Gasteiger charge is 2.31. The molecule has 1 aliphatic heterocycles. The fraction of sp³-hybridized carbons (Fsp3) is 0.444. The number of nitrogens with one attached hydrogen (secondary N) is 2. The second-order valence-electron chi connectivity index (χ2n) is 3.59. The third-order valence-electron chi connectivity index (χ3n) is 2.56. The molecule has 2 heterocycles. The molecule has 1 saturated heterocycles. The number of piperazine rings is 1. The zero-order chi connectivity index (χ0) is 11.5. The molecule has 7 nitrogen and oxygen atoms in total. The molecule has 1 aromatic heterocycles. The summed E-state index contributed by atoms with van der Waals surface area (Å²) in [6.07, 6.45) is 2.86. The largest absolute Gasteiger partial charge is 0.368 e. The molecule has 16 heavy (non-hydrogen) atoms. The number of carbonyl (C=O) groups is 2. The number of amides is 2. The minimum Gasteiger partial charge on any atom is -0.368 e. The summed E-state index contributed by atoms with van der Waals surface area (Å²) in [5, 5.41) is 3.03. The third kappa shape index (κ3) is 1.89. The number of rotatable bonds is 2. The molecule has 0 bridgehead atoms. The summed E-state index contributed by atoms with van der Waals surface area (Å²) in [6, 6.07) is -0.593. The van der Waals surface area contributed by atoms with Crippen LogP contribution in [0, 0.1) is 0 Å². The molecule has 7 heteroatoms. The van der Waals surface area contributed by atoms with Gasteiger partial charge in [-0.1, -0.05) is 0 Å². The SMILES string of the molecule is NC(=O)C1CNCCN1C(=O)c1cnc[nH]1. The molecule has 0 aromatic carbocycles. The number of aromatic amines is 1. The monoisotopic (exact) mass is 223 g/mol. The van der Waals surface area contributed by atoms with E-state index in [9.17, 15) is 9.59 Å². The Morgan fingerprint density at radius 1 is 1.56 bits per heavy atom. The summed E-state index contributed by atoms with van der Waals surface area (Å²) in [5.41, 5.74) is 5.62. The molecule has 0 radical (unpaired) electrons. The van der Waals surface area contributed by atoms with Crippen LogP contribution in [0.3, 0.4) is 0 Å². The number of H-pyrrole nitrogens is 1. The lowest BCUT2D eigenvalue weighted by molar-refractivity contribution is -0.122. The van der Waals surface area contributed by atoms with Gasteiger partial charge in [-0.05, 0) is 0 Å². The number of nitrogens with zero attached hydrogens (tertiary/aromatic N) is 2. The van der Waals surface area contributed by atoms with Crippen molar-refractivity contribution in [3.63, 3.8) is 0 Å². The Labute approximate surface area is 92.0 Å². The van der Waals surface area contributed by atoms with Gasteiger partial charge in [0.1, 0.15) is 11.7 Å². The Balaban J connectivity index is 2.17. The second-order valence-corrected chi connectivity index (χ2v) is 3.59. The van der Waals surface area contributed by atoms with Crippen molar-refractivity contribution in [2.24, 2.45) is 5.73 Å². The predicted octanol–water partition coefficient (Wildman–Crippen LogP) is -1.69. The first-order valence-corrected chi connectivity index (χ1v) is 4.99. The van der Waals surface area contributed by atoms with Crippen molar-refractivity contribution in [3.8, 4) is 0 Å². The van der Waals surface area contributed by atoms with Crippen LogP contribution in [0.2, 0.25) is 0 Å². The molecule has 1 unspecified atom stereocenters. The van der Waals surface area contributed by atoms with Crippen molar-refractivity contribution in [2.75, 3.05) is 19.6 Å². The molecule has 86 valence electrons. The zero-order valence-corrected chi connectivity index (χ0v) is 8.64. The van der Waals surface area contributed by atoms with Gasteiger partial charge in [-0.15, -0.1) is 0 Å². The average Bonchev–Trinajstić information content (AvgIpc) is 2.81. The summed E-state index contributed by atoms with van der Waals surface area (Å²) >= 11 is 0. The Morgan fingerprint density at radius 2 is 2.38 bits per heavy atom. The van der Waals surface area contributed by atoms with Gasteiger partial charge in [-0.25, -0.2) is 4.98 Å². The van der Waals surface area contributed by atoms with Gasteiger partial charge in [0.25, 0.3) is 5.91 Å². The third-order valence-corrected chi connectivity index (χ3v) is 2.56. The fourth-order valence-corrected chi connectivity index (χ4v) is 1.73. The van der Waals surface area contributed by atoms with Gasteiger partial charge in [0.15, 0.2) is 0 Å². The van der Waals surface area contributed by atoms with Crippen molar-refractivity contribution in [1.29, 1.82) is 0 Å². The number of hydrogen-bond donors (Lipinski definition) is 3. The quantitative estimate of drug-likeness (QED) is 0.556. The van der Waals surface area contributed by atoms with Crippen LogP contribution in [-0.2, 0) is 4.79 Å². The molecule has 0 aliphatic carbocycles. The maximum atomic E-state index is 12.0. The first-order valence-electron chi connectivity index (χ1n) is 4.99. The average molecular weight is 223 g/mol. The molecule has 2 rings (SSSR count). The number of nitrogens with two attached hydrogens (primary N) is 1. The van der Waals surface area contributed by atoms with Crippen molar-refractivity contribution >= 4 is 11.8 Å². The Kier molecular flexibility index (Phi) is 2.86. The van der Waals surface area contributed by atoms with Crippen molar-refractivity contribution in [1.82, 2.24) is 20.2 Å². The minimum atomic E-state index is -0.593. The predicted molar refractivity (Wildman–Crippen MR) is 55.5 cm³/mol. The highest BCUT2D eigenvalue weighted by Crippen LogP contribution is 2.08. The number of carbonyl (C=O) groups excluding carboxylic acids is 2. The van der Waals surface area contributed by atoms with Crippen LogP contribution in [0.25, 0.3) is 0 Å². The summed E-state index contributed by atoms with van der Waals surface area (Å²) in [5.74, 6) is -0.747. The Hall–Kier alpha value is -1.89. The first kappa shape index (κ1) is 10.6. The number of hydrogen-bond acceptors (Lipinski definition) is 4. The zero-order valence-electron chi connectivity index (χ0n) is 8.64. The van der Waals surface area contributed by atoms with Gasteiger partial charge < -0.3 is 20.9 Å². The van der Waals surface area contributed by atoms with Crippen LogP contribution in [0.15, 0.2) is 12.5 Å². The summed E-state index contributed by atoms with van der Waals surface area (Å²) < 4.78 is 0. The first-order chi connectivity index (χ1) is 7.70. The van der Waals surface area contributed by atoms with Crippen molar-refractivity contribution < 1.29 is 9.59 Å². The van der Waals surface area contributed by atoms with E-state index in [-0.39, 0.29) is 5.91 Å². The number of aromatic nitrogens is 2. The van der Waals surface area contributed by atoms with E-state index >= 15 is 0 Å². The second kappa shape index (κ2) is 4.31. The molecular formula is C9H13N5O2. The molecule has 1 atom stereocenters. The van der Waals surface area contributed by atoms with E-state index in [1.807, 2.05) is 0 Å². The van der Waals surface area contributed by atoms with Gasteiger partial charge in [-0.2, -0.15) is 0 Å². The van der Waals surface area contributed by atoms with Crippen LogP contribution in [0.1, 0.15) is 10.5 Å². The highest BCUT2D eigenvalue weighted by atomic mass is 16.2. The van der Waals surface area contributed by atoms with E-state index in [0.29, 0.717) is 25.3 Å². The minimum absolute atomic E-state index is 0.247. The van der Waals surface area contributed by atoms with Gasteiger partial charge >= 0.3 is 0 Å². The maximum absolute atomic E-state index is 12.0. The fourth-order valence-electron chi connectivity index (χ4n) is 1.73. The molecule has 0 spiro atoms. The van der Waals surface area contributed by atoms with Crippen molar-refractivity contribution in [3.05, 3.63) is 18.2 Å². The van der Waals surface area contributed by atoms with Crippen LogP contribution in [-0.4, -0.2) is 52.4 Å². The van der Waals surface area contributed by atoms with Crippen molar-refractivity contribution in [2.45, 2.75) is 6.04 Å². The van der Waals surface area contributed by atoms with E-state index < -0.39 is 11.9 Å². The lowest BCUT2D eigenvalue weighted by atomic mass is 10.1. The molecule has 1 aliphatic rings. The number of primary amides is 1. The molecule has 1 aromatic rings. The lowest BCUT2D eigenvalue weighted by Crippen LogP contribution is -2.58. The lowest BCUT2D eigenvalue weighted by Gasteiger charge is -2.33. The standard InChI is InChI=1S/C9H13N5O2/c10-8(15)7-4-11-1-2-14(7)9(16)6-3-12-5-13-6/h3,5,7,11H,1-2,4H2,(H2,10,15)(H,12,13). The normalized spacial score (nSPS) is 20.8. The summed E-state index contributed by atoms with van der Waals surface area (Å²) in [7, 11) is 0. The van der Waals surface area contributed by atoms with Gasteiger partial charge in [-0.3, -0.25) is 9.59 Å². The molecule has 4 N–H and O–H groups in total.